The lowest BCUT2D eigenvalue weighted by atomic mass is 10.1. The number of rotatable bonds is 5. The Balaban J connectivity index is 1.79. The van der Waals surface area contributed by atoms with E-state index >= 15 is 0 Å². The first-order valence-corrected chi connectivity index (χ1v) is 7.92. The van der Waals surface area contributed by atoms with Gasteiger partial charge < -0.3 is 15.4 Å². The minimum Gasteiger partial charge on any atom is -0.491 e. The van der Waals surface area contributed by atoms with Crippen molar-refractivity contribution in [2.45, 2.75) is 13.8 Å². The zero-order valence-corrected chi connectivity index (χ0v) is 14.5. The van der Waals surface area contributed by atoms with Crippen molar-refractivity contribution in [1.29, 1.82) is 0 Å². The number of anilines is 1. The summed E-state index contributed by atoms with van der Waals surface area (Å²) in [5.41, 5.74) is 2.64. The summed E-state index contributed by atoms with van der Waals surface area (Å²) in [5, 5.41) is 6.10. The van der Waals surface area contributed by atoms with Crippen molar-refractivity contribution in [3.63, 3.8) is 0 Å². The number of hydrogen-bond donors (Lipinski definition) is 2. The van der Waals surface area contributed by atoms with Gasteiger partial charge in [0, 0.05) is 0 Å². The predicted octanol–water partition coefficient (Wildman–Crippen LogP) is 4.81. The number of hydrogen-bond acceptors (Lipinski definition) is 2. The van der Waals surface area contributed by atoms with Crippen LogP contribution in [0.25, 0.3) is 0 Å². The zero-order chi connectivity index (χ0) is 16.8. The minimum atomic E-state index is -0.385. The molecular weight excluding hydrogens is 335 g/mol. The van der Waals surface area contributed by atoms with Crippen LogP contribution in [0, 0.1) is 13.8 Å². The molecule has 0 aliphatic heterocycles. The Kier molecular flexibility index (Phi) is 6.13. The van der Waals surface area contributed by atoms with Crippen molar-refractivity contribution in [2.75, 3.05) is 18.5 Å². The summed E-state index contributed by atoms with van der Waals surface area (Å²) in [7, 11) is 0. The Morgan fingerprint density at radius 1 is 1.13 bits per heavy atom. The highest BCUT2D eigenvalue weighted by molar-refractivity contribution is 6.39. The van der Waals surface area contributed by atoms with E-state index in [1.807, 2.05) is 26.0 Å². The van der Waals surface area contributed by atoms with Crippen LogP contribution in [0.3, 0.4) is 0 Å². The van der Waals surface area contributed by atoms with Gasteiger partial charge in [0.25, 0.3) is 0 Å². The topological polar surface area (TPSA) is 50.4 Å². The molecule has 0 saturated heterocycles. The third-order valence-electron chi connectivity index (χ3n) is 3.18. The van der Waals surface area contributed by atoms with E-state index in [0.717, 1.165) is 11.3 Å². The summed E-state index contributed by atoms with van der Waals surface area (Å²) in [6.07, 6.45) is 0. The molecule has 0 aliphatic carbocycles. The summed E-state index contributed by atoms with van der Waals surface area (Å²) >= 11 is 12.0. The molecule has 0 saturated carbocycles. The fourth-order valence-corrected chi connectivity index (χ4v) is 2.55. The molecule has 0 spiro atoms. The normalized spacial score (nSPS) is 10.3. The van der Waals surface area contributed by atoms with Gasteiger partial charge in [-0.25, -0.2) is 4.79 Å². The maximum absolute atomic E-state index is 11.8. The van der Waals surface area contributed by atoms with Gasteiger partial charge in [0.05, 0.1) is 22.3 Å². The van der Waals surface area contributed by atoms with Crippen LogP contribution in [0.4, 0.5) is 10.5 Å². The van der Waals surface area contributed by atoms with Crippen molar-refractivity contribution < 1.29 is 9.53 Å². The highest BCUT2D eigenvalue weighted by atomic mass is 35.5. The molecule has 2 rings (SSSR count). The second-order valence-electron chi connectivity index (χ2n) is 5.09. The van der Waals surface area contributed by atoms with Gasteiger partial charge in [-0.2, -0.15) is 0 Å². The third-order valence-corrected chi connectivity index (χ3v) is 3.81. The number of carbonyl (C=O) groups is 1. The Morgan fingerprint density at radius 2 is 1.83 bits per heavy atom. The number of aryl methyl sites for hydroxylation is 2. The van der Waals surface area contributed by atoms with Crippen LogP contribution in [0.5, 0.6) is 5.75 Å². The van der Waals surface area contributed by atoms with E-state index < -0.39 is 0 Å². The van der Waals surface area contributed by atoms with Crippen LogP contribution >= 0.6 is 23.2 Å². The van der Waals surface area contributed by atoms with E-state index in [-0.39, 0.29) is 6.03 Å². The first kappa shape index (κ1) is 17.4. The molecule has 2 amide bonds. The summed E-state index contributed by atoms with van der Waals surface area (Å²) in [4.78, 5) is 11.8. The number of halogens is 2. The first-order valence-electron chi connectivity index (χ1n) is 7.16. The summed E-state index contributed by atoms with van der Waals surface area (Å²) < 4.78 is 5.65. The lowest BCUT2D eigenvalue weighted by Crippen LogP contribution is -2.32. The Bertz CT molecular complexity index is 685. The quantitative estimate of drug-likeness (QED) is 0.758. The molecule has 0 fully saturated rings. The van der Waals surface area contributed by atoms with Crippen LogP contribution in [-0.2, 0) is 0 Å². The molecule has 0 radical (unpaired) electrons. The lowest BCUT2D eigenvalue weighted by molar-refractivity contribution is 0.247. The maximum Gasteiger partial charge on any atom is 0.319 e. The maximum atomic E-state index is 11.8. The van der Waals surface area contributed by atoms with Gasteiger partial charge in [0.2, 0.25) is 0 Å². The van der Waals surface area contributed by atoms with Crippen LogP contribution in [0.2, 0.25) is 10.0 Å². The molecule has 0 atom stereocenters. The summed E-state index contributed by atoms with van der Waals surface area (Å²) in [5.74, 6) is 0.812. The standard InChI is InChI=1S/C17H18Cl2N2O2/c1-11-6-7-15(12(2)10-11)23-9-8-20-17(22)21-16-13(18)4-3-5-14(16)19/h3-7,10H,8-9H2,1-2H3,(H2,20,21,22). The van der Waals surface area contributed by atoms with Gasteiger partial charge in [-0.15, -0.1) is 0 Å². The highest BCUT2D eigenvalue weighted by Gasteiger charge is 2.09. The molecule has 4 nitrogen and oxygen atoms in total. The number of para-hydroxylation sites is 1. The average molecular weight is 353 g/mol. The fraction of sp³-hybridized carbons (Fsp3) is 0.235. The monoisotopic (exact) mass is 352 g/mol. The van der Waals surface area contributed by atoms with E-state index in [4.69, 9.17) is 27.9 Å². The van der Waals surface area contributed by atoms with Crippen LogP contribution < -0.4 is 15.4 Å². The van der Waals surface area contributed by atoms with E-state index in [1.54, 1.807) is 18.2 Å². The molecular formula is C17H18Cl2N2O2. The highest BCUT2D eigenvalue weighted by Crippen LogP contribution is 2.29. The van der Waals surface area contributed by atoms with Gasteiger partial charge >= 0.3 is 6.03 Å². The van der Waals surface area contributed by atoms with Crippen molar-refractivity contribution in [2.24, 2.45) is 0 Å². The molecule has 23 heavy (non-hydrogen) atoms. The largest absolute Gasteiger partial charge is 0.491 e. The lowest BCUT2D eigenvalue weighted by Gasteiger charge is -2.12. The van der Waals surface area contributed by atoms with E-state index in [2.05, 4.69) is 16.7 Å². The molecule has 6 heteroatoms. The van der Waals surface area contributed by atoms with E-state index in [9.17, 15) is 4.79 Å². The second-order valence-corrected chi connectivity index (χ2v) is 5.91. The molecule has 0 aliphatic rings. The second kappa shape index (κ2) is 8.09. The van der Waals surface area contributed by atoms with Crippen molar-refractivity contribution in [3.8, 4) is 5.75 Å². The van der Waals surface area contributed by atoms with Gasteiger partial charge in [-0.1, -0.05) is 47.0 Å². The number of urea groups is 1. The molecule has 122 valence electrons. The fourth-order valence-electron chi connectivity index (χ4n) is 2.06. The van der Waals surface area contributed by atoms with E-state index in [1.165, 1.54) is 5.56 Å². The minimum absolute atomic E-state index is 0.362. The van der Waals surface area contributed by atoms with Crippen molar-refractivity contribution in [3.05, 3.63) is 57.6 Å². The Hall–Kier alpha value is -1.91. The Labute approximate surface area is 145 Å². The third kappa shape index (κ3) is 5.05. The number of carbonyl (C=O) groups excluding carboxylic acids is 1. The number of amides is 2. The predicted molar refractivity (Wildman–Crippen MR) is 94.9 cm³/mol. The van der Waals surface area contributed by atoms with Crippen LogP contribution in [0.15, 0.2) is 36.4 Å². The summed E-state index contributed by atoms with van der Waals surface area (Å²) in [6, 6.07) is 10.6. The zero-order valence-electron chi connectivity index (χ0n) is 13.0. The molecule has 0 heterocycles. The number of ether oxygens (including phenoxy) is 1. The van der Waals surface area contributed by atoms with Gasteiger partial charge in [0.15, 0.2) is 0 Å². The molecule has 0 aromatic heterocycles. The summed E-state index contributed by atoms with van der Waals surface area (Å²) in [6.45, 7) is 4.75. The molecule has 0 unspecified atom stereocenters. The van der Waals surface area contributed by atoms with Gasteiger partial charge in [-0.05, 0) is 37.6 Å². The SMILES string of the molecule is Cc1ccc(OCCNC(=O)Nc2c(Cl)cccc2Cl)c(C)c1. The smallest absolute Gasteiger partial charge is 0.319 e. The van der Waals surface area contributed by atoms with Crippen LogP contribution in [-0.4, -0.2) is 19.2 Å². The Morgan fingerprint density at radius 3 is 2.48 bits per heavy atom. The van der Waals surface area contributed by atoms with Crippen molar-refractivity contribution >= 4 is 34.9 Å². The van der Waals surface area contributed by atoms with Gasteiger partial charge in [0.1, 0.15) is 12.4 Å². The molecule has 2 N–H and O–H groups in total. The molecule has 0 bridgehead atoms. The average Bonchev–Trinajstić information content (AvgIpc) is 2.49. The molecule has 2 aromatic carbocycles. The van der Waals surface area contributed by atoms with Crippen molar-refractivity contribution in [1.82, 2.24) is 5.32 Å². The van der Waals surface area contributed by atoms with E-state index in [0.29, 0.717) is 28.9 Å². The van der Waals surface area contributed by atoms with Crippen LogP contribution in [0.1, 0.15) is 11.1 Å². The molecule has 2 aromatic rings. The number of nitrogens with one attached hydrogen (secondary N) is 2. The number of benzene rings is 2. The van der Waals surface area contributed by atoms with Gasteiger partial charge in [-0.3, -0.25) is 0 Å². The first-order chi connectivity index (χ1) is 11.0.